The Hall–Kier alpha value is -2.57. The van der Waals surface area contributed by atoms with E-state index in [2.05, 4.69) is 5.10 Å². The molecule has 0 radical (unpaired) electrons. The van der Waals surface area contributed by atoms with Crippen LogP contribution >= 0.6 is 23.4 Å². The second kappa shape index (κ2) is 7.21. The lowest BCUT2D eigenvalue weighted by Crippen LogP contribution is -2.08. The zero-order valence-electron chi connectivity index (χ0n) is 14.0. The lowest BCUT2D eigenvalue weighted by atomic mass is 10.0. The molecule has 2 heterocycles. The van der Waals surface area contributed by atoms with Gasteiger partial charge in [0.2, 0.25) is 0 Å². The number of nitrogens with zero attached hydrogens (tertiary/aromatic N) is 2. The number of halogens is 2. The Balaban J connectivity index is 1.90. The molecule has 0 spiro atoms. The summed E-state index contributed by atoms with van der Waals surface area (Å²) in [5.74, 6) is -0.0635. The van der Waals surface area contributed by atoms with Gasteiger partial charge in [0, 0.05) is 22.1 Å². The van der Waals surface area contributed by atoms with Crippen LogP contribution in [0.5, 0.6) is 0 Å². The van der Waals surface area contributed by atoms with Gasteiger partial charge in [-0.1, -0.05) is 23.7 Å². The summed E-state index contributed by atoms with van der Waals surface area (Å²) in [5.41, 5.74) is 4.06. The van der Waals surface area contributed by atoms with Crippen LogP contribution in [-0.4, -0.2) is 26.6 Å². The van der Waals surface area contributed by atoms with E-state index < -0.39 is 5.97 Å². The van der Waals surface area contributed by atoms with Crippen LogP contribution in [0.1, 0.15) is 27.3 Å². The highest BCUT2D eigenvalue weighted by Gasteiger charge is 2.28. The molecule has 0 fully saturated rings. The summed E-state index contributed by atoms with van der Waals surface area (Å²) in [5, 5.41) is 14.5. The lowest BCUT2D eigenvalue weighted by molar-refractivity contribution is 0.0689. The number of aromatic nitrogens is 2. The van der Waals surface area contributed by atoms with Gasteiger partial charge in [-0.05, 0) is 53.6 Å². The lowest BCUT2D eigenvalue weighted by Gasteiger charge is -2.18. The van der Waals surface area contributed by atoms with Gasteiger partial charge in [-0.25, -0.2) is 13.9 Å². The number of carboxylic acid groups (broad SMARTS) is 1. The van der Waals surface area contributed by atoms with Gasteiger partial charge in [0.25, 0.3) is 0 Å². The minimum atomic E-state index is -1.05. The van der Waals surface area contributed by atoms with Crippen LogP contribution in [0.4, 0.5) is 4.39 Å². The Bertz CT molecular complexity index is 1040. The third kappa shape index (κ3) is 3.50. The number of thioether (sulfide) groups is 1. The first-order chi connectivity index (χ1) is 13.0. The van der Waals surface area contributed by atoms with Crippen LogP contribution in [0, 0.1) is 5.82 Å². The van der Waals surface area contributed by atoms with Gasteiger partial charge in [-0.15, -0.1) is 0 Å². The summed E-state index contributed by atoms with van der Waals surface area (Å²) in [6.45, 7) is 0. The molecular weight excluding hydrogens is 387 g/mol. The first-order valence-corrected chi connectivity index (χ1v) is 9.71. The molecule has 0 saturated carbocycles. The molecule has 4 rings (SSSR count). The summed E-state index contributed by atoms with van der Waals surface area (Å²) in [7, 11) is 0. The fourth-order valence-corrected chi connectivity index (χ4v) is 4.21. The third-order valence-corrected chi connectivity index (χ3v) is 5.54. The molecule has 2 aromatic carbocycles. The molecule has 1 aliphatic heterocycles. The molecule has 1 aromatic heterocycles. The van der Waals surface area contributed by atoms with Crippen LogP contribution < -0.4 is 0 Å². The molecule has 0 bridgehead atoms. The molecule has 3 aromatic rings. The van der Waals surface area contributed by atoms with E-state index in [0.29, 0.717) is 22.1 Å². The topological polar surface area (TPSA) is 55.1 Å². The second-order valence-corrected chi connectivity index (χ2v) is 7.51. The van der Waals surface area contributed by atoms with E-state index >= 15 is 0 Å². The standard InChI is InChI=1S/C20H14ClFN2O2S/c21-14-3-7-16(8-4-14)24-19-13(9-12-1-5-15(22)6-2-12)10-27-11-17(19)18(23-24)20(25)26/h1-9H,10-11H2,(H,25,26). The van der Waals surface area contributed by atoms with Gasteiger partial charge in [0.05, 0.1) is 11.4 Å². The molecule has 0 amide bonds. The summed E-state index contributed by atoms with van der Waals surface area (Å²) in [6.07, 6.45) is 1.95. The highest BCUT2D eigenvalue weighted by atomic mass is 35.5. The van der Waals surface area contributed by atoms with Crippen molar-refractivity contribution in [3.8, 4) is 5.69 Å². The molecule has 1 N–H and O–H groups in total. The molecule has 0 saturated heterocycles. The highest BCUT2D eigenvalue weighted by Crippen LogP contribution is 2.37. The van der Waals surface area contributed by atoms with Crippen LogP contribution in [-0.2, 0) is 5.75 Å². The summed E-state index contributed by atoms with van der Waals surface area (Å²) < 4.78 is 14.9. The fourth-order valence-electron chi connectivity index (χ4n) is 3.06. The maximum Gasteiger partial charge on any atom is 0.356 e. The van der Waals surface area contributed by atoms with Gasteiger partial charge >= 0.3 is 5.97 Å². The number of fused-ring (bicyclic) bond motifs is 1. The number of aromatic carboxylic acids is 1. The van der Waals surface area contributed by atoms with Crippen LogP contribution in [0.25, 0.3) is 17.3 Å². The zero-order valence-corrected chi connectivity index (χ0v) is 15.6. The van der Waals surface area contributed by atoms with Crippen LogP contribution in [0.3, 0.4) is 0 Å². The average molecular weight is 401 g/mol. The number of benzene rings is 2. The smallest absolute Gasteiger partial charge is 0.356 e. The third-order valence-electron chi connectivity index (χ3n) is 4.28. The van der Waals surface area contributed by atoms with E-state index in [1.54, 1.807) is 52.8 Å². The minimum absolute atomic E-state index is 0.0529. The van der Waals surface area contributed by atoms with Crippen molar-refractivity contribution < 1.29 is 14.3 Å². The van der Waals surface area contributed by atoms with Gasteiger partial charge in [0.15, 0.2) is 5.69 Å². The van der Waals surface area contributed by atoms with Crippen molar-refractivity contribution in [2.45, 2.75) is 5.75 Å². The van der Waals surface area contributed by atoms with E-state index in [9.17, 15) is 14.3 Å². The van der Waals surface area contributed by atoms with E-state index in [0.717, 1.165) is 22.5 Å². The largest absolute Gasteiger partial charge is 0.476 e. The predicted molar refractivity (Wildman–Crippen MR) is 106 cm³/mol. The molecule has 4 nitrogen and oxygen atoms in total. The predicted octanol–water partition coefficient (Wildman–Crippen LogP) is 5.15. The maximum absolute atomic E-state index is 13.2. The Labute approximate surface area is 164 Å². The van der Waals surface area contributed by atoms with Gasteiger partial charge in [-0.2, -0.15) is 16.9 Å². The number of hydrogen-bond donors (Lipinski definition) is 1. The molecule has 0 aliphatic carbocycles. The minimum Gasteiger partial charge on any atom is -0.476 e. The fraction of sp³-hybridized carbons (Fsp3) is 0.100. The zero-order chi connectivity index (χ0) is 19.0. The molecular formula is C20H14ClFN2O2S. The molecule has 0 unspecified atom stereocenters. The van der Waals surface area contributed by atoms with Crippen molar-refractivity contribution in [3.63, 3.8) is 0 Å². The second-order valence-electron chi connectivity index (χ2n) is 6.08. The average Bonchev–Trinajstić information content (AvgIpc) is 3.05. The molecule has 7 heteroatoms. The van der Waals surface area contributed by atoms with Crippen molar-refractivity contribution >= 4 is 41.0 Å². The maximum atomic E-state index is 13.2. The Morgan fingerprint density at radius 1 is 1.15 bits per heavy atom. The summed E-state index contributed by atoms with van der Waals surface area (Å²) >= 11 is 7.61. The number of hydrogen-bond acceptors (Lipinski definition) is 3. The Morgan fingerprint density at radius 2 is 1.85 bits per heavy atom. The van der Waals surface area contributed by atoms with E-state index in [4.69, 9.17) is 11.6 Å². The molecule has 1 aliphatic rings. The SMILES string of the molecule is O=C(O)c1nn(-c2ccc(Cl)cc2)c2c1CSCC2=Cc1ccc(F)cc1. The molecule has 27 heavy (non-hydrogen) atoms. The van der Waals surface area contributed by atoms with E-state index in [1.165, 1.54) is 12.1 Å². The van der Waals surface area contributed by atoms with Crippen molar-refractivity contribution in [2.75, 3.05) is 5.75 Å². The number of rotatable bonds is 3. The highest BCUT2D eigenvalue weighted by molar-refractivity contribution is 7.99. The van der Waals surface area contributed by atoms with Gasteiger partial charge in [0.1, 0.15) is 5.82 Å². The first-order valence-electron chi connectivity index (χ1n) is 8.18. The van der Waals surface area contributed by atoms with Gasteiger partial charge in [-0.3, -0.25) is 0 Å². The Morgan fingerprint density at radius 3 is 2.52 bits per heavy atom. The summed E-state index contributed by atoms with van der Waals surface area (Å²) in [4.78, 5) is 11.7. The van der Waals surface area contributed by atoms with Crippen molar-refractivity contribution in [1.29, 1.82) is 0 Å². The van der Waals surface area contributed by atoms with Crippen molar-refractivity contribution in [3.05, 3.63) is 81.9 Å². The van der Waals surface area contributed by atoms with Crippen molar-refractivity contribution in [1.82, 2.24) is 9.78 Å². The van der Waals surface area contributed by atoms with E-state index in [-0.39, 0.29) is 11.5 Å². The van der Waals surface area contributed by atoms with Crippen LogP contribution in [0.15, 0.2) is 48.5 Å². The Kier molecular flexibility index (Phi) is 4.76. The number of carbonyl (C=O) groups is 1. The van der Waals surface area contributed by atoms with Crippen molar-refractivity contribution in [2.24, 2.45) is 0 Å². The molecule has 0 atom stereocenters. The number of carboxylic acids is 1. The van der Waals surface area contributed by atoms with E-state index in [1.807, 2.05) is 6.08 Å². The van der Waals surface area contributed by atoms with Crippen LogP contribution in [0.2, 0.25) is 5.02 Å². The molecule has 136 valence electrons. The monoisotopic (exact) mass is 400 g/mol. The first kappa shape index (κ1) is 17.8. The summed E-state index contributed by atoms with van der Waals surface area (Å²) in [6, 6.07) is 13.3. The normalized spacial score (nSPS) is 15.0. The quantitative estimate of drug-likeness (QED) is 0.660. The van der Waals surface area contributed by atoms with Gasteiger partial charge < -0.3 is 5.11 Å².